The van der Waals surface area contributed by atoms with Gasteiger partial charge in [-0.05, 0) is 24.3 Å². The SMILES string of the molecule is COc1ccc(-c2cn3c(C(=O)NN4CCOCC4)csc3n2)cc1. The summed E-state index contributed by atoms with van der Waals surface area (Å²) in [5.74, 6) is 0.669. The summed E-state index contributed by atoms with van der Waals surface area (Å²) in [7, 11) is 1.64. The standard InChI is InChI=1S/C17H18N4O3S/c1-23-13-4-2-12(3-5-13)14-10-21-15(11-25-17(21)18-14)16(22)19-20-6-8-24-9-7-20/h2-5,10-11H,6-9H2,1H3,(H,19,22). The van der Waals surface area contributed by atoms with E-state index < -0.39 is 0 Å². The third kappa shape index (κ3) is 3.23. The minimum absolute atomic E-state index is 0.133. The molecule has 3 heterocycles. The number of hydrogen-bond acceptors (Lipinski definition) is 6. The van der Waals surface area contributed by atoms with Crippen LogP contribution in [0.5, 0.6) is 5.75 Å². The Kier molecular flexibility index (Phi) is 4.39. The second-order valence-electron chi connectivity index (χ2n) is 5.67. The van der Waals surface area contributed by atoms with Gasteiger partial charge in [0.25, 0.3) is 5.91 Å². The lowest BCUT2D eigenvalue weighted by Gasteiger charge is -2.26. The minimum atomic E-state index is -0.133. The van der Waals surface area contributed by atoms with E-state index in [4.69, 9.17) is 9.47 Å². The molecule has 1 N–H and O–H groups in total. The molecule has 0 saturated carbocycles. The van der Waals surface area contributed by atoms with Crippen LogP contribution >= 0.6 is 11.3 Å². The Hall–Kier alpha value is -2.42. The second-order valence-corrected chi connectivity index (χ2v) is 6.51. The smallest absolute Gasteiger partial charge is 0.283 e. The van der Waals surface area contributed by atoms with Crippen LogP contribution < -0.4 is 10.2 Å². The zero-order chi connectivity index (χ0) is 17.2. The van der Waals surface area contributed by atoms with Crippen molar-refractivity contribution in [1.82, 2.24) is 19.8 Å². The fraction of sp³-hybridized carbons (Fsp3) is 0.294. The number of hydrazine groups is 1. The molecule has 1 fully saturated rings. The highest BCUT2D eigenvalue weighted by Gasteiger charge is 2.18. The van der Waals surface area contributed by atoms with E-state index in [-0.39, 0.29) is 5.91 Å². The van der Waals surface area contributed by atoms with E-state index in [1.807, 2.05) is 45.3 Å². The van der Waals surface area contributed by atoms with Crippen LogP contribution in [0.2, 0.25) is 0 Å². The Labute approximate surface area is 148 Å². The second kappa shape index (κ2) is 6.83. The van der Waals surface area contributed by atoms with Crippen molar-refractivity contribution < 1.29 is 14.3 Å². The van der Waals surface area contributed by atoms with Gasteiger partial charge in [-0.15, -0.1) is 11.3 Å². The quantitative estimate of drug-likeness (QED) is 0.773. The number of nitrogens with zero attached hydrogens (tertiary/aromatic N) is 3. The molecule has 1 amide bonds. The van der Waals surface area contributed by atoms with Gasteiger partial charge in [0.1, 0.15) is 11.4 Å². The lowest BCUT2D eigenvalue weighted by Crippen LogP contribution is -2.48. The molecular formula is C17H18N4O3S. The minimum Gasteiger partial charge on any atom is -0.497 e. The Morgan fingerprint density at radius 1 is 1.28 bits per heavy atom. The van der Waals surface area contributed by atoms with Crippen molar-refractivity contribution in [3.05, 3.63) is 41.5 Å². The number of aromatic nitrogens is 2. The first-order chi connectivity index (χ1) is 12.2. The Morgan fingerprint density at radius 2 is 2.04 bits per heavy atom. The molecule has 7 nitrogen and oxygen atoms in total. The van der Waals surface area contributed by atoms with E-state index in [1.165, 1.54) is 11.3 Å². The van der Waals surface area contributed by atoms with Crippen LogP contribution in [0.1, 0.15) is 10.5 Å². The van der Waals surface area contributed by atoms with Crippen molar-refractivity contribution in [3.8, 4) is 17.0 Å². The molecule has 1 aromatic carbocycles. The van der Waals surface area contributed by atoms with E-state index in [9.17, 15) is 4.79 Å². The number of hydrogen-bond donors (Lipinski definition) is 1. The number of carbonyl (C=O) groups excluding carboxylic acids is 1. The van der Waals surface area contributed by atoms with Crippen molar-refractivity contribution in [1.29, 1.82) is 0 Å². The number of imidazole rings is 1. The molecule has 0 aliphatic carbocycles. The molecule has 1 aliphatic heterocycles. The molecule has 0 unspecified atom stereocenters. The number of morpholine rings is 1. The average Bonchev–Trinajstić information content (AvgIpc) is 3.23. The zero-order valence-electron chi connectivity index (χ0n) is 13.8. The summed E-state index contributed by atoms with van der Waals surface area (Å²) in [6.45, 7) is 2.65. The van der Waals surface area contributed by atoms with Gasteiger partial charge >= 0.3 is 0 Å². The average molecular weight is 358 g/mol. The van der Waals surface area contributed by atoms with Crippen LogP contribution in [0.4, 0.5) is 0 Å². The van der Waals surface area contributed by atoms with Gasteiger partial charge in [0, 0.05) is 30.2 Å². The van der Waals surface area contributed by atoms with Gasteiger partial charge in [-0.2, -0.15) is 0 Å². The molecule has 0 atom stereocenters. The highest BCUT2D eigenvalue weighted by molar-refractivity contribution is 7.15. The number of carbonyl (C=O) groups is 1. The van der Waals surface area contributed by atoms with E-state index in [0.29, 0.717) is 32.0 Å². The third-order valence-corrected chi connectivity index (χ3v) is 4.94. The molecule has 0 bridgehead atoms. The Bertz CT molecular complexity index is 881. The summed E-state index contributed by atoms with van der Waals surface area (Å²) < 4.78 is 12.3. The number of ether oxygens (including phenoxy) is 2. The monoisotopic (exact) mass is 358 g/mol. The van der Waals surface area contributed by atoms with Crippen molar-refractivity contribution in [2.75, 3.05) is 33.4 Å². The number of methoxy groups -OCH3 is 1. The first-order valence-corrected chi connectivity index (χ1v) is 8.87. The molecule has 8 heteroatoms. The summed E-state index contributed by atoms with van der Waals surface area (Å²) in [6.07, 6.45) is 1.89. The highest BCUT2D eigenvalue weighted by atomic mass is 32.1. The van der Waals surface area contributed by atoms with Crippen molar-refractivity contribution >= 4 is 22.2 Å². The summed E-state index contributed by atoms with van der Waals surface area (Å²) in [6, 6.07) is 7.71. The van der Waals surface area contributed by atoms with Gasteiger partial charge in [-0.3, -0.25) is 14.6 Å². The van der Waals surface area contributed by atoms with Crippen LogP contribution in [0, 0.1) is 0 Å². The molecule has 0 radical (unpaired) electrons. The summed E-state index contributed by atoms with van der Waals surface area (Å²) >= 11 is 1.45. The summed E-state index contributed by atoms with van der Waals surface area (Å²) in [5, 5.41) is 3.71. The lowest BCUT2D eigenvalue weighted by atomic mass is 10.2. The maximum absolute atomic E-state index is 12.6. The molecular weight excluding hydrogens is 340 g/mol. The molecule has 1 saturated heterocycles. The van der Waals surface area contributed by atoms with Crippen LogP contribution in [-0.2, 0) is 4.74 Å². The van der Waals surface area contributed by atoms with E-state index in [1.54, 1.807) is 7.11 Å². The Balaban J connectivity index is 1.58. The van der Waals surface area contributed by atoms with Gasteiger partial charge in [-0.1, -0.05) is 0 Å². The van der Waals surface area contributed by atoms with Crippen LogP contribution in [0.25, 0.3) is 16.2 Å². The van der Waals surface area contributed by atoms with Gasteiger partial charge in [-0.25, -0.2) is 9.99 Å². The molecule has 3 aromatic rings. The van der Waals surface area contributed by atoms with Gasteiger partial charge in [0.2, 0.25) is 0 Å². The van der Waals surface area contributed by atoms with Crippen LogP contribution in [0.15, 0.2) is 35.8 Å². The number of amides is 1. The first-order valence-electron chi connectivity index (χ1n) is 7.99. The number of fused-ring (bicyclic) bond motifs is 1. The predicted octanol–water partition coefficient (Wildman–Crippen LogP) is 2.05. The largest absolute Gasteiger partial charge is 0.497 e. The zero-order valence-corrected chi connectivity index (χ0v) is 14.6. The fourth-order valence-electron chi connectivity index (χ4n) is 2.72. The van der Waals surface area contributed by atoms with E-state index in [0.717, 1.165) is 22.0 Å². The first kappa shape index (κ1) is 16.1. The topological polar surface area (TPSA) is 68.1 Å². The van der Waals surface area contributed by atoms with Gasteiger partial charge < -0.3 is 9.47 Å². The predicted molar refractivity (Wildman–Crippen MR) is 94.9 cm³/mol. The Morgan fingerprint density at radius 3 is 2.76 bits per heavy atom. The number of benzene rings is 1. The van der Waals surface area contributed by atoms with Gasteiger partial charge in [0.15, 0.2) is 4.96 Å². The van der Waals surface area contributed by atoms with Crippen molar-refractivity contribution in [2.24, 2.45) is 0 Å². The van der Waals surface area contributed by atoms with Crippen LogP contribution in [-0.4, -0.2) is 53.7 Å². The molecule has 0 spiro atoms. The molecule has 2 aromatic heterocycles. The molecule has 4 rings (SSSR count). The molecule has 130 valence electrons. The lowest BCUT2D eigenvalue weighted by molar-refractivity contribution is 0.0124. The number of thiazole rings is 1. The third-order valence-electron chi connectivity index (χ3n) is 4.10. The van der Waals surface area contributed by atoms with E-state index in [2.05, 4.69) is 10.4 Å². The molecule has 1 aliphatic rings. The van der Waals surface area contributed by atoms with Crippen molar-refractivity contribution in [3.63, 3.8) is 0 Å². The fourth-order valence-corrected chi connectivity index (χ4v) is 3.58. The maximum Gasteiger partial charge on any atom is 0.283 e. The summed E-state index contributed by atoms with van der Waals surface area (Å²) in [4.78, 5) is 18.0. The maximum atomic E-state index is 12.6. The van der Waals surface area contributed by atoms with Crippen molar-refractivity contribution in [2.45, 2.75) is 0 Å². The molecule has 25 heavy (non-hydrogen) atoms. The normalized spacial score (nSPS) is 15.4. The van der Waals surface area contributed by atoms with E-state index >= 15 is 0 Å². The highest BCUT2D eigenvalue weighted by Crippen LogP contribution is 2.25. The number of nitrogens with one attached hydrogen (secondary N) is 1. The van der Waals surface area contributed by atoms with Gasteiger partial charge in [0.05, 0.1) is 26.0 Å². The summed E-state index contributed by atoms with van der Waals surface area (Å²) in [5.41, 5.74) is 5.33. The number of rotatable bonds is 4. The van der Waals surface area contributed by atoms with Crippen LogP contribution in [0.3, 0.4) is 0 Å².